The maximum Gasteiger partial charge on any atom is 0.132 e. The minimum absolute atomic E-state index is 0.393. The van der Waals surface area contributed by atoms with Gasteiger partial charge in [0.2, 0.25) is 0 Å². The molecule has 5 atom stereocenters. The number of thioether (sulfide) groups is 1. The molecule has 29 heavy (non-hydrogen) atoms. The van der Waals surface area contributed by atoms with Gasteiger partial charge in [-0.3, -0.25) is 0 Å². The summed E-state index contributed by atoms with van der Waals surface area (Å²) in [5, 5.41) is 39.9. The predicted octanol–water partition coefficient (Wildman–Crippen LogP) is 4.39. The quantitative estimate of drug-likeness (QED) is 0.239. The van der Waals surface area contributed by atoms with Crippen molar-refractivity contribution in [3.63, 3.8) is 0 Å². The summed E-state index contributed by atoms with van der Waals surface area (Å²) in [6.45, 7) is 3.98. The van der Waals surface area contributed by atoms with Crippen molar-refractivity contribution in [3.05, 3.63) is 0 Å². The molecule has 1 aliphatic heterocycles. The molecule has 0 aromatic rings. The Kier molecular flexibility index (Phi) is 15.7. The molecule has 0 radical (unpaired) electrons. The Bertz CT molecular complexity index is 368. The third-order valence-electron chi connectivity index (χ3n) is 5.91. The Morgan fingerprint density at radius 3 is 1.72 bits per heavy atom. The zero-order valence-corrected chi connectivity index (χ0v) is 19.5. The van der Waals surface area contributed by atoms with Gasteiger partial charge in [-0.1, -0.05) is 90.9 Å². The fraction of sp³-hybridized carbons (Fsp3) is 1.00. The van der Waals surface area contributed by atoms with Gasteiger partial charge in [-0.2, -0.15) is 0 Å². The zero-order valence-electron chi connectivity index (χ0n) is 18.7. The number of unbranched alkanes of at least 4 members (excludes halogenated alkanes) is 10. The van der Waals surface area contributed by atoms with Crippen LogP contribution in [0.15, 0.2) is 0 Å². The first-order valence-corrected chi connectivity index (χ1v) is 12.9. The summed E-state index contributed by atoms with van der Waals surface area (Å²) in [6.07, 6.45) is 13.1. The molecule has 0 aromatic carbocycles. The van der Waals surface area contributed by atoms with E-state index in [2.05, 4.69) is 13.8 Å². The van der Waals surface area contributed by atoms with E-state index in [1.165, 1.54) is 77.0 Å². The Balaban J connectivity index is 2.46. The van der Waals surface area contributed by atoms with Crippen molar-refractivity contribution < 1.29 is 25.2 Å². The van der Waals surface area contributed by atoms with E-state index in [0.29, 0.717) is 5.25 Å². The molecule has 1 fully saturated rings. The van der Waals surface area contributed by atoms with E-state index in [1.54, 1.807) is 11.8 Å². The maximum atomic E-state index is 10.4. The van der Waals surface area contributed by atoms with E-state index in [1.807, 2.05) is 0 Å². The molecule has 0 amide bonds. The SMILES string of the molecule is CCCCCCCCC(CCCCCCCC)S[C@@H]1O[C@@H]([C@H](O)CO)[C@H](O)[C@H]1O. The largest absolute Gasteiger partial charge is 0.394 e. The first-order chi connectivity index (χ1) is 14.0. The van der Waals surface area contributed by atoms with Crippen molar-refractivity contribution >= 4 is 11.8 Å². The van der Waals surface area contributed by atoms with E-state index in [4.69, 9.17) is 9.84 Å². The van der Waals surface area contributed by atoms with Crippen molar-refractivity contribution in [2.45, 2.75) is 139 Å². The Morgan fingerprint density at radius 2 is 1.24 bits per heavy atom. The maximum absolute atomic E-state index is 10.4. The van der Waals surface area contributed by atoms with Crippen LogP contribution in [-0.4, -0.2) is 62.1 Å². The molecule has 1 heterocycles. The van der Waals surface area contributed by atoms with E-state index in [9.17, 15) is 15.3 Å². The van der Waals surface area contributed by atoms with Gasteiger partial charge in [0.05, 0.1) is 6.61 Å². The van der Waals surface area contributed by atoms with Gasteiger partial charge in [0, 0.05) is 5.25 Å². The summed E-state index contributed by atoms with van der Waals surface area (Å²) in [6, 6.07) is 0. The fourth-order valence-electron chi connectivity index (χ4n) is 3.98. The Labute approximate surface area is 182 Å². The lowest BCUT2D eigenvalue weighted by Crippen LogP contribution is -2.40. The standard InChI is InChI=1S/C23H46O5S/c1-3-5-7-9-11-13-15-18(16-14-12-10-8-6-4-2)29-23-21(27)20(26)22(28-23)19(25)17-24/h18-27H,3-17H2,1-2H3/t19-,20-,21-,22+,23+/m1/s1. The number of hydrogen-bond acceptors (Lipinski definition) is 6. The van der Waals surface area contributed by atoms with Gasteiger partial charge in [0.1, 0.15) is 29.9 Å². The van der Waals surface area contributed by atoms with Crippen molar-refractivity contribution in [3.8, 4) is 0 Å². The van der Waals surface area contributed by atoms with Crippen molar-refractivity contribution in [1.82, 2.24) is 0 Å². The van der Waals surface area contributed by atoms with Crippen LogP contribution in [-0.2, 0) is 4.74 Å². The van der Waals surface area contributed by atoms with Crippen LogP contribution in [0.3, 0.4) is 0 Å². The molecule has 4 N–H and O–H groups in total. The molecule has 1 rings (SSSR count). The van der Waals surface area contributed by atoms with Crippen LogP contribution in [0.2, 0.25) is 0 Å². The molecule has 0 saturated carbocycles. The third-order valence-corrected chi connectivity index (χ3v) is 7.42. The summed E-state index contributed by atoms with van der Waals surface area (Å²) < 4.78 is 5.74. The van der Waals surface area contributed by atoms with E-state index in [-0.39, 0.29) is 0 Å². The van der Waals surface area contributed by atoms with Crippen LogP contribution in [0.5, 0.6) is 0 Å². The molecular weight excluding hydrogens is 388 g/mol. The minimum Gasteiger partial charge on any atom is -0.394 e. The van der Waals surface area contributed by atoms with Gasteiger partial charge < -0.3 is 25.2 Å². The second-order valence-electron chi connectivity index (χ2n) is 8.57. The average molecular weight is 435 g/mol. The highest BCUT2D eigenvalue weighted by Gasteiger charge is 2.46. The highest BCUT2D eigenvalue weighted by atomic mass is 32.2. The average Bonchev–Trinajstić information content (AvgIpc) is 3.00. The molecule has 0 aliphatic carbocycles. The van der Waals surface area contributed by atoms with Crippen LogP contribution < -0.4 is 0 Å². The van der Waals surface area contributed by atoms with Gasteiger partial charge in [-0.05, 0) is 12.8 Å². The Morgan fingerprint density at radius 1 is 0.759 bits per heavy atom. The Hall–Kier alpha value is 0.150. The summed E-state index contributed by atoms with van der Waals surface area (Å²) in [5.74, 6) is 0. The zero-order chi connectivity index (χ0) is 21.5. The van der Waals surface area contributed by atoms with Crippen LogP contribution in [0, 0.1) is 0 Å². The number of aliphatic hydroxyl groups excluding tert-OH is 4. The molecule has 6 heteroatoms. The molecule has 0 aromatic heterocycles. The third kappa shape index (κ3) is 10.8. The highest BCUT2D eigenvalue weighted by Crippen LogP contribution is 2.36. The van der Waals surface area contributed by atoms with Gasteiger partial charge in [-0.15, -0.1) is 11.8 Å². The molecule has 0 spiro atoms. The topological polar surface area (TPSA) is 90.2 Å². The summed E-state index contributed by atoms with van der Waals surface area (Å²) in [4.78, 5) is 0. The van der Waals surface area contributed by atoms with Crippen molar-refractivity contribution in [2.75, 3.05) is 6.61 Å². The van der Waals surface area contributed by atoms with Crippen LogP contribution in [0.25, 0.3) is 0 Å². The summed E-state index contributed by atoms with van der Waals surface area (Å²) in [5.41, 5.74) is -0.540. The minimum atomic E-state index is -1.17. The van der Waals surface area contributed by atoms with Crippen molar-refractivity contribution in [2.24, 2.45) is 0 Å². The first kappa shape index (κ1) is 27.2. The number of rotatable bonds is 18. The number of hydrogen-bond donors (Lipinski definition) is 4. The number of aliphatic hydroxyl groups is 4. The first-order valence-electron chi connectivity index (χ1n) is 12.0. The number of ether oxygens (including phenoxy) is 1. The smallest absolute Gasteiger partial charge is 0.132 e. The molecule has 0 unspecified atom stereocenters. The monoisotopic (exact) mass is 434 g/mol. The van der Waals surface area contributed by atoms with E-state index >= 15 is 0 Å². The van der Waals surface area contributed by atoms with Gasteiger partial charge in [0.15, 0.2) is 0 Å². The van der Waals surface area contributed by atoms with E-state index in [0.717, 1.165) is 12.8 Å². The van der Waals surface area contributed by atoms with Gasteiger partial charge >= 0.3 is 0 Å². The van der Waals surface area contributed by atoms with Crippen LogP contribution in [0.1, 0.15) is 104 Å². The van der Waals surface area contributed by atoms with Gasteiger partial charge in [0.25, 0.3) is 0 Å². The van der Waals surface area contributed by atoms with E-state index < -0.39 is 36.5 Å². The lowest BCUT2D eigenvalue weighted by molar-refractivity contribution is -0.0713. The lowest BCUT2D eigenvalue weighted by Gasteiger charge is -2.23. The van der Waals surface area contributed by atoms with Crippen LogP contribution in [0.4, 0.5) is 0 Å². The molecule has 0 bridgehead atoms. The molecule has 1 aliphatic rings. The molecule has 1 saturated heterocycles. The molecule has 174 valence electrons. The van der Waals surface area contributed by atoms with Crippen LogP contribution >= 0.6 is 11.8 Å². The highest BCUT2D eigenvalue weighted by molar-refractivity contribution is 8.00. The second kappa shape index (κ2) is 16.8. The fourth-order valence-corrected chi connectivity index (χ4v) is 5.48. The summed E-state index contributed by atoms with van der Waals surface area (Å²) in [7, 11) is 0. The normalized spacial score (nSPS) is 25.8. The predicted molar refractivity (Wildman–Crippen MR) is 121 cm³/mol. The second-order valence-corrected chi connectivity index (χ2v) is 9.97. The summed E-state index contributed by atoms with van der Waals surface area (Å²) >= 11 is 1.61. The molecular formula is C23H46O5S. The van der Waals surface area contributed by atoms with Gasteiger partial charge in [-0.25, -0.2) is 0 Å². The van der Waals surface area contributed by atoms with Crippen molar-refractivity contribution in [1.29, 1.82) is 0 Å². The lowest BCUT2D eigenvalue weighted by atomic mass is 10.0. The molecule has 5 nitrogen and oxygen atoms in total.